The Morgan fingerprint density at radius 3 is 2.27 bits per heavy atom. The number of rotatable bonds is 7. The van der Waals surface area contributed by atoms with E-state index in [0.29, 0.717) is 6.54 Å². The summed E-state index contributed by atoms with van der Waals surface area (Å²) in [6, 6.07) is 10.3. The first-order chi connectivity index (χ1) is 10.0. The molecule has 0 radical (unpaired) electrons. The molecule has 0 unspecified atom stereocenters. The molecule has 0 aliphatic rings. The molecule has 0 heterocycles. The number of nitrogens with zero attached hydrogens (tertiary/aromatic N) is 2. The third-order valence-corrected chi connectivity index (χ3v) is 3.80. The van der Waals surface area contributed by atoms with Gasteiger partial charge in [0.2, 0.25) is 0 Å². The van der Waals surface area contributed by atoms with Gasteiger partial charge in [-0.05, 0) is 25.3 Å². The van der Waals surface area contributed by atoms with Crippen molar-refractivity contribution in [3.05, 3.63) is 35.9 Å². The third kappa shape index (κ3) is 6.96. The molecular formula is C17H30IN3O. The highest BCUT2D eigenvalue weighted by atomic mass is 127. The van der Waals surface area contributed by atoms with Crippen LogP contribution in [-0.4, -0.2) is 41.7 Å². The largest absolute Gasteiger partial charge is 0.388 e. The predicted molar refractivity (Wildman–Crippen MR) is 105 cm³/mol. The van der Waals surface area contributed by atoms with Gasteiger partial charge >= 0.3 is 0 Å². The molecule has 0 aliphatic carbocycles. The second-order valence-electron chi connectivity index (χ2n) is 5.44. The minimum Gasteiger partial charge on any atom is -0.388 e. The summed E-state index contributed by atoms with van der Waals surface area (Å²) < 4.78 is 0. The Kier molecular flexibility index (Phi) is 10.4. The zero-order valence-corrected chi connectivity index (χ0v) is 16.5. The SMILES string of the molecule is CCNC(=NCC(O)(CC)CC)N(C)Cc1ccccc1.I. The molecule has 5 heteroatoms. The van der Waals surface area contributed by atoms with E-state index in [2.05, 4.69) is 34.3 Å². The van der Waals surface area contributed by atoms with Crippen LogP contribution in [0, 0.1) is 0 Å². The van der Waals surface area contributed by atoms with Gasteiger partial charge in [0.05, 0.1) is 12.1 Å². The average molecular weight is 419 g/mol. The minimum absolute atomic E-state index is 0. The Bertz CT molecular complexity index is 433. The third-order valence-electron chi connectivity index (χ3n) is 3.80. The molecule has 0 bridgehead atoms. The monoisotopic (exact) mass is 419 g/mol. The maximum absolute atomic E-state index is 10.4. The van der Waals surface area contributed by atoms with Crippen LogP contribution in [-0.2, 0) is 6.54 Å². The van der Waals surface area contributed by atoms with E-state index < -0.39 is 5.60 Å². The van der Waals surface area contributed by atoms with Gasteiger partial charge in [-0.1, -0.05) is 44.2 Å². The maximum atomic E-state index is 10.4. The van der Waals surface area contributed by atoms with Gasteiger partial charge in [-0.2, -0.15) is 0 Å². The normalized spacial score (nSPS) is 11.8. The van der Waals surface area contributed by atoms with Crippen LogP contribution in [0.3, 0.4) is 0 Å². The van der Waals surface area contributed by atoms with Gasteiger partial charge in [-0.15, -0.1) is 24.0 Å². The number of hydrogen-bond acceptors (Lipinski definition) is 2. The van der Waals surface area contributed by atoms with Crippen LogP contribution < -0.4 is 5.32 Å². The van der Waals surface area contributed by atoms with Crippen LogP contribution in [0.5, 0.6) is 0 Å². The van der Waals surface area contributed by atoms with E-state index in [-0.39, 0.29) is 24.0 Å². The van der Waals surface area contributed by atoms with Gasteiger partial charge < -0.3 is 15.3 Å². The smallest absolute Gasteiger partial charge is 0.194 e. The van der Waals surface area contributed by atoms with E-state index >= 15 is 0 Å². The molecule has 0 fully saturated rings. The second-order valence-corrected chi connectivity index (χ2v) is 5.44. The van der Waals surface area contributed by atoms with Gasteiger partial charge in [-0.3, -0.25) is 4.99 Å². The topological polar surface area (TPSA) is 47.9 Å². The van der Waals surface area contributed by atoms with E-state index in [0.717, 1.165) is 31.9 Å². The van der Waals surface area contributed by atoms with Crippen molar-refractivity contribution < 1.29 is 5.11 Å². The lowest BCUT2D eigenvalue weighted by Crippen LogP contribution is -2.40. The van der Waals surface area contributed by atoms with Crippen molar-refractivity contribution in [2.45, 2.75) is 45.8 Å². The summed E-state index contributed by atoms with van der Waals surface area (Å²) in [5.41, 5.74) is 0.542. The van der Waals surface area contributed by atoms with Gasteiger partial charge in [-0.25, -0.2) is 0 Å². The van der Waals surface area contributed by atoms with E-state index in [9.17, 15) is 5.11 Å². The highest BCUT2D eigenvalue weighted by molar-refractivity contribution is 14.0. The molecule has 2 N–H and O–H groups in total. The van der Waals surface area contributed by atoms with Crippen molar-refractivity contribution >= 4 is 29.9 Å². The highest BCUT2D eigenvalue weighted by Crippen LogP contribution is 2.15. The molecule has 0 aliphatic heterocycles. The van der Waals surface area contributed by atoms with E-state index in [1.54, 1.807) is 0 Å². The number of nitrogens with one attached hydrogen (secondary N) is 1. The van der Waals surface area contributed by atoms with Crippen LogP contribution >= 0.6 is 24.0 Å². The second kappa shape index (κ2) is 10.8. The van der Waals surface area contributed by atoms with Crippen LogP contribution in [0.1, 0.15) is 39.2 Å². The molecule has 1 aromatic rings. The van der Waals surface area contributed by atoms with Gasteiger partial charge in [0.1, 0.15) is 0 Å². The summed E-state index contributed by atoms with van der Waals surface area (Å²) in [5.74, 6) is 0.835. The molecule has 4 nitrogen and oxygen atoms in total. The van der Waals surface area contributed by atoms with Crippen LogP contribution in [0.15, 0.2) is 35.3 Å². The lowest BCUT2D eigenvalue weighted by molar-refractivity contribution is 0.0416. The Labute approximate surface area is 152 Å². The molecule has 0 amide bonds. The van der Waals surface area contributed by atoms with Crippen LogP contribution in [0.4, 0.5) is 0 Å². The lowest BCUT2D eigenvalue weighted by Gasteiger charge is -2.26. The maximum Gasteiger partial charge on any atom is 0.194 e. The zero-order valence-electron chi connectivity index (χ0n) is 14.2. The molecule has 126 valence electrons. The molecule has 22 heavy (non-hydrogen) atoms. The predicted octanol–water partition coefficient (Wildman–Crippen LogP) is 3.25. The molecule has 0 saturated carbocycles. The molecule has 0 spiro atoms. The zero-order chi connectivity index (χ0) is 15.7. The molecule has 0 aromatic heterocycles. The minimum atomic E-state index is -0.700. The summed E-state index contributed by atoms with van der Waals surface area (Å²) >= 11 is 0. The van der Waals surface area contributed by atoms with Crippen molar-refractivity contribution in [3.63, 3.8) is 0 Å². The fourth-order valence-corrected chi connectivity index (χ4v) is 2.10. The van der Waals surface area contributed by atoms with Gasteiger partial charge in [0, 0.05) is 20.1 Å². The number of halogens is 1. The standard InChI is InChI=1S/C17H29N3O.HI/c1-5-17(21,6-2)14-19-16(18-7-3)20(4)13-15-11-9-8-10-12-15;/h8-12,21H,5-7,13-14H2,1-4H3,(H,18,19);1H. The number of aliphatic imine (C=N–C) groups is 1. The first kappa shape index (κ1) is 21.2. The van der Waals surface area contributed by atoms with E-state index in [4.69, 9.17) is 0 Å². The lowest BCUT2D eigenvalue weighted by atomic mass is 9.98. The summed E-state index contributed by atoms with van der Waals surface area (Å²) in [6.07, 6.45) is 1.43. The first-order valence-electron chi connectivity index (χ1n) is 7.80. The van der Waals surface area contributed by atoms with E-state index in [1.165, 1.54) is 5.56 Å². The average Bonchev–Trinajstić information content (AvgIpc) is 2.52. The first-order valence-corrected chi connectivity index (χ1v) is 7.80. The quantitative estimate of drug-likeness (QED) is 0.405. The van der Waals surface area contributed by atoms with Gasteiger partial charge in [0.25, 0.3) is 0 Å². The van der Waals surface area contributed by atoms with E-state index in [1.807, 2.05) is 39.1 Å². The number of guanidine groups is 1. The molecule has 1 aromatic carbocycles. The number of aliphatic hydroxyl groups is 1. The highest BCUT2D eigenvalue weighted by Gasteiger charge is 2.22. The molecule has 0 saturated heterocycles. The van der Waals surface area contributed by atoms with Crippen molar-refractivity contribution in [1.29, 1.82) is 0 Å². The number of hydrogen-bond donors (Lipinski definition) is 2. The number of benzene rings is 1. The Balaban J connectivity index is 0.00000441. The van der Waals surface area contributed by atoms with Crippen molar-refractivity contribution in [2.24, 2.45) is 4.99 Å². The van der Waals surface area contributed by atoms with Crippen molar-refractivity contribution in [2.75, 3.05) is 20.1 Å². The fourth-order valence-electron chi connectivity index (χ4n) is 2.10. The summed E-state index contributed by atoms with van der Waals surface area (Å²) in [7, 11) is 2.02. The van der Waals surface area contributed by atoms with Crippen LogP contribution in [0.2, 0.25) is 0 Å². The van der Waals surface area contributed by atoms with Crippen molar-refractivity contribution in [1.82, 2.24) is 10.2 Å². The summed E-state index contributed by atoms with van der Waals surface area (Å²) in [4.78, 5) is 6.69. The van der Waals surface area contributed by atoms with Crippen molar-refractivity contribution in [3.8, 4) is 0 Å². The summed E-state index contributed by atoms with van der Waals surface area (Å²) in [5, 5.41) is 13.7. The Morgan fingerprint density at radius 1 is 1.18 bits per heavy atom. The Hall–Kier alpha value is -0.820. The molecule has 0 atom stereocenters. The van der Waals surface area contributed by atoms with Gasteiger partial charge in [0.15, 0.2) is 5.96 Å². The fraction of sp³-hybridized carbons (Fsp3) is 0.588. The molecule has 1 rings (SSSR count). The molecular weight excluding hydrogens is 389 g/mol. The summed E-state index contributed by atoms with van der Waals surface area (Å²) in [6.45, 7) is 8.09. The van der Waals surface area contributed by atoms with Crippen LogP contribution in [0.25, 0.3) is 0 Å². The Morgan fingerprint density at radius 2 is 1.77 bits per heavy atom.